The van der Waals surface area contributed by atoms with E-state index in [-0.39, 0.29) is 30.1 Å². The van der Waals surface area contributed by atoms with E-state index in [4.69, 9.17) is 4.74 Å². The smallest absolute Gasteiger partial charge is 0.240 e. The molecule has 2 saturated heterocycles. The van der Waals surface area contributed by atoms with Crippen molar-refractivity contribution >= 4 is 11.7 Å². The van der Waals surface area contributed by atoms with Gasteiger partial charge in [0.25, 0.3) is 0 Å². The average molecular weight is 386 g/mol. The number of hydrogen-bond acceptors (Lipinski definition) is 6. The Morgan fingerprint density at radius 3 is 2.43 bits per heavy atom. The van der Waals surface area contributed by atoms with Crippen LogP contribution >= 0.6 is 0 Å². The van der Waals surface area contributed by atoms with Gasteiger partial charge in [-0.05, 0) is 31.9 Å². The first-order valence-electron chi connectivity index (χ1n) is 10.2. The number of piperazine rings is 1. The normalized spacial score (nSPS) is 24.9. The number of ether oxygens (including phenoxy) is 1. The molecule has 0 saturated carbocycles. The summed E-state index contributed by atoms with van der Waals surface area (Å²) in [5.41, 5.74) is 0.582. The third-order valence-electron chi connectivity index (χ3n) is 5.52. The highest BCUT2D eigenvalue weighted by atomic mass is 16.5. The lowest BCUT2D eigenvalue weighted by Crippen LogP contribution is -2.60. The number of pyridine rings is 1. The summed E-state index contributed by atoms with van der Waals surface area (Å²) in [7, 11) is 0. The standard InChI is InChI=1S/C21H31N5O2/c1-15(2)19(26-13-16(3)28-17(4)14-26)21(27)25-10-8-24(9-11-25)20-18(12-22)6-5-7-23-20/h5-7,15-17,19H,8-11,13-14H2,1-4H3. The maximum Gasteiger partial charge on any atom is 0.240 e. The summed E-state index contributed by atoms with van der Waals surface area (Å²) in [5.74, 6) is 1.16. The van der Waals surface area contributed by atoms with Gasteiger partial charge in [0.15, 0.2) is 0 Å². The summed E-state index contributed by atoms with van der Waals surface area (Å²) < 4.78 is 5.85. The van der Waals surface area contributed by atoms with Gasteiger partial charge in [-0.25, -0.2) is 4.98 Å². The van der Waals surface area contributed by atoms with Crippen LogP contribution in [0, 0.1) is 17.2 Å². The van der Waals surface area contributed by atoms with Crippen LogP contribution in [0.15, 0.2) is 18.3 Å². The summed E-state index contributed by atoms with van der Waals surface area (Å²) in [6.07, 6.45) is 2.00. The van der Waals surface area contributed by atoms with Crippen LogP contribution in [0.3, 0.4) is 0 Å². The molecule has 2 aliphatic rings. The second-order valence-corrected chi connectivity index (χ2v) is 8.20. The predicted octanol–water partition coefficient (Wildman–Crippen LogP) is 1.74. The van der Waals surface area contributed by atoms with E-state index in [2.05, 4.69) is 48.5 Å². The van der Waals surface area contributed by atoms with E-state index in [1.54, 1.807) is 18.3 Å². The number of morpholine rings is 1. The Hall–Kier alpha value is -2.17. The van der Waals surface area contributed by atoms with Crippen LogP contribution < -0.4 is 4.90 Å². The van der Waals surface area contributed by atoms with Gasteiger partial charge in [0, 0.05) is 45.5 Å². The zero-order valence-corrected chi connectivity index (χ0v) is 17.3. The Balaban J connectivity index is 1.67. The van der Waals surface area contributed by atoms with Gasteiger partial charge < -0.3 is 14.5 Å². The number of aromatic nitrogens is 1. The molecule has 3 unspecified atom stereocenters. The summed E-state index contributed by atoms with van der Waals surface area (Å²) in [6.45, 7) is 12.7. The quantitative estimate of drug-likeness (QED) is 0.786. The first-order valence-corrected chi connectivity index (χ1v) is 10.2. The van der Waals surface area contributed by atoms with Gasteiger partial charge in [0.2, 0.25) is 5.91 Å². The fourth-order valence-electron chi connectivity index (χ4n) is 4.37. The Morgan fingerprint density at radius 2 is 1.86 bits per heavy atom. The van der Waals surface area contributed by atoms with Gasteiger partial charge in [-0.15, -0.1) is 0 Å². The van der Waals surface area contributed by atoms with Crippen molar-refractivity contribution in [2.45, 2.75) is 45.9 Å². The molecule has 152 valence electrons. The van der Waals surface area contributed by atoms with Crippen LogP contribution in [0.5, 0.6) is 0 Å². The monoisotopic (exact) mass is 385 g/mol. The second kappa shape index (κ2) is 8.89. The van der Waals surface area contributed by atoms with Crippen molar-refractivity contribution in [3.05, 3.63) is 23.9 Å². The molecule has 0 N–H and O–H groups in total. The first kappa shape index (κ1) is 20.6. The Kier molecular flexibility index (Phi) is 6.53. The molecule has 7 heteroatoms. The minimum Gasteiger partial charge on any atom is -0.373 e. The number of anilines is 1. The maximum atomic E-state index is 13.4. The largest absolute Gasteiger partial charge is 0.373 e. The molecule has 0 aromatic carbocycles. The molecule has 1 aromatic heterocycles. The van der Waals surface area contributed by atoms with Crippen LogP contribution in [0.25, 0.3) is 0 Å². The van der Waals surface area contributed by atoms with E-state index in [0.717, 1.165) is 13.1 Å². The fourth-order valence-corrected chi connectivity index (χ4v) is 4.37. The van der Waals surface area contributed by atoms with Gasteiger partial charge in [-0.2, -0.15) is 5.26 Å². The lowest BCUT2D eigenvalue weighted by molar-refractivity contribution is -0.145. The SMILES string of the molecule is CC1CN(C(C(=O)N2CCN(c3ncccc3C#N)CC2)C(C)C)CC(C)O1. The molecule has 0 aliphatic carbocycles. The van der Waals surface area contributed by atoms with Crippen molar-refractivity contribution in [3.63, 3.8) is 0 Å². The van der Waals surface area contributed by atoms with Gasteiger partial charge >= 0.3 is 0 Å². The molecule has 3 atom stereocenters. The first-order chi connectivity index (χ1) is 13.4. The second-order valence-electron chi connectivity index (χ2n) is 8.20. The van der Waals surface area contributed by atoms with Gasteiger partial charge in [-0.3, -0.25) is 9.69 Å². The molecular weight excluding hydrogens is 354 g/mol. The Bertz CT molecular complexity index is 714. The van der Waals surface area contributed by atoms with Crippen LogP contribution in [0.2, 0.25) is 0 Å². The molecule has 1 aromatic rings. The molecule has 0 bridgehead atoms. The number of hydrogen-bond donors (Lipinski definition) is 0. The number of rotatable bonds is 4. The minimum atomic E-state index is -0.120. The molecule has 0 spiro atoms. The Labute approximate surface area is 167 Å². The van der Waals surface area contributed by atoms with Crippen LogP contribution in [0.1, 0.15) is 33.3 Å². The van der Waals surface area contributed by atoms with E-state index in [1.165, 1.54) is 0 Å². The van der Waals surface area contributed by atoms with Gasteiger partial charge in [0.05, 0.1) is 23.8 Å². The molecule has 1 amide bonds. The molecule has 2 aliphatic heterocycles. The highest BCUT2D eigenvalue weighted by Gasteiger charge is 2.37. The zero-order valence-electron chi connectivity index (χ0n) is 17.3. The van der Waals surface area contributed by atoms with Crippen molar-refractivity contribution in [1.29, 1.82) is 5.26 Å². The van der Waals surface area contributed by atoms with Crippen LogP contribution in [-0.2, 0) is 9.53 Å². The van der Waals surface area contributed by atoms with Gasteiger partial charge in [0.1, 0.15) is 11.9 Å². The third-order valence-corrected chi connectivity index (χ3v) is 5.52. The molecule has 0 radical (unpaired) electrons. The average Bonchev–Trinajstić information content (AvgIpc) is 2.67. The van der Waals surface area contributed by atoms with Gasteiger partial charge in [-0.1, -0.05) is 13.8 Å². The van der Waals surface area contributed by atoms with Crippen LogP contribution in [-0.4, -0.2) is 78.2 Å². The molecule has 2 fully saturated rings. The molecule has 28 heavy (non-hydrogen) atoms. The summed E-state index contributed by atoms with van der Waals surface area (Å²) in [5, 5.41) is 9.31. The number of nitriles is 1. The molecular formula is C21H31N5O2. The third kappa shape index (κ3) is 4.45. The summed E-state index contributed by atoms with van der Waals surface area (Å²) in [4.78, 5) is 24.1. The highest BCUT2D eigenvalue weighted by Crippen LogP contribution is 2.22. The van der Waals surface area contributed by atoms with Crippen molar-refractivity contribution in [3.8, 4) is 6.07 Å². The molecule has 7 nitrogen and oxygen atoms in total. The fraction of sp³-hybridized carbons (Fsp3) is 0.667. The highest BCUT2D eigenvalue weighted by molar-refractivity contribution is 5.82. The maximum absolute atomic E-state index is 13.4. The number of carbonyl (C=O) groups excluding carboxylic acids is 1. The summed E-state index contributed by atoms with van der Waals surface area (Å²) in [6, 6.07) is 5.65. The Morgan fingerprint density at radius 1 is 1.21 bits per heavy atom. The zero-order chi connectivity index (χ0) is 20.3. The van der Waals surface area contributed by atoms with Crippen molar-refractivity contribution in [2.75, 3.05) is 44.2 Å². The lowest BCUT2D eigenvalue weighted by Gasteiger charge is -2.44. The van der Waals surface area contributed by atoms with E-state index >= 15 is 0 Å². The molecule has 3 rings (SSSR count). The lowest BCUT2D eigenvalue weighted by atomic mass is 9.98. The topological polar surface area (TPSA) is 72.7 Å². The number of amides is 1. The molecule has 3 heterocycles. The van der Waals surface area contributed by atoms with Crippen molar-refractivity contribution in [2.24, 2.45) is 5.92 Å². The minimum absolute atomic E-state index is 0.120. The number of carbonyl (C=O) groups is 1. The van der Waals surface area contributed by atoms with E-state index in [0.29, 0.717) is 37.6 Å². The predicted molar refractivity (Wildman–Crippen MR) is 108 cm³/mol. The van der Waals surface area contributed by atoms with E-state index < -0.39 is 0 Å². The van der Waals surface area contributed by atoms with Crippen molar-refractivity contribution in [1.82, 2.24) is 14.8 Å². The van der Waals surface area contributed by atoms with Crippen LogP contribution in [0.4, 0.5) is 5.82 Å². The van der Waals surface area contributed by atoms with E-state index in [1.807, 2.05) is 4.90 Å². The van der Waals surface area contributed by atoms with E-state index in [9.17, 15) is 10.1 Å². The summed E-state index contributed by atoms with van der Waals surface area (Å²) >= 11 is 0. The number of nitrogens with zero attached hydrogens (tertiary/aromatic N) is 5. The van der Waals surface area contributed by atoms with Crippen molar-refractivity contribution < 1.29 is 9.53 Å².